The second-order valence-corrected chi connectivity index (χ2v) is 3.24. The van der Waals surface area contributed by atoms with E-state index in [1.54, 1.807) is 0 Å². The largest absolute Gasteiger partial charge is 0.480 e. The number of aromatic nitrogens is 2. The van der Waals surface area contributed by atoms with Gasteiger partial charge in [-0.1, -0.05) is 0 Å². The highest BCUT2D eigenvalue weighted by molar-refractivity contribution is 5.85. The molecule has 2 rings (SSSR count). The van der Waals surface area contributed by atoms with Crippen LogP contribution in [0.3, 0.4) is 0 Å². The van der Waals surface area contributed by atoms with E-state index in [0.29, 0.717) is 12.8 Å². The Morgan fingerprint density at radius 3 is 2.50 bits per heavy atom. The van der Waals surface area contributed by atoms with Gasteiger partial charge in [0.15, 0.2) is 5.82 Å². The quantitative estimate of drug-likeness (QED) is 0.743. The monoisotopic (exact) mass is 197 g/mol. The third-order valence-corrected chi connectivity index (χ3v) is 2.13. The van der Waals surface area contributed by atoms with Gasteiger partial charge >= 0.3 is 5.97 Å². The predicted molar refractivity (Wildman–Crippen MR) is 45.2 cm³/mol. The molecule has 0 bridgehead atoms. The molecule has 2 N–H and O–H groups in total. The summed E-state index contributed by atoms with van der Waals surface area (Å²) in [4.78, 5) is 18.0. The van der Waals surface area contributed by atoms with Gasteiger partial charge in [0.05, 0.1) is 12.4 Å². The van der Waals surface area contributed by atoms with Crippen LogP contribution in [-0.4, -0.2) is 26.6 Å². The summed E-state index contributed by atoms with van der Waals surface area (Å²) in [7, 11) is 0. The van der Waals surface area contributed by atoms with Crippen LogP contribution in [0.2, 0.25) is 0 Å². The van der Waals surface area contributed by atoms with Crippen molar-refractivity contribution < 1.29 is 14.3 Å². The van der Waals surface area contributed by atoms with E-state index in [0.717, 1.165) is 12.4 Å². The molecule has 6 heteroatoms. The third kappa shape index (κ3) is 1.50. The van der Waals surface area contributed by atoms with Crippen LogP contribution in [0.25, 0.3) is 0 Å². The standard InChI is InChI=1S/C8H8FN3O2/c9-5-3-10-7(11-4-5)12-8(1-2-8)6(13)14/h3-4H,1-2H2,(H,13,14)(H,10,11,12). The maximum atomic E-state index is 12.4. The van der Waals surface area contributed by atoms with Gasteiger partial charge in [0.1, 0.15) is 5.54 Å². The molecule has 1 aromatic rings. The van der Waals surface area contributed by atoms with Crippen LogP contribution in [-0.2, 0) is 4.79 Å². The topological polar surface area (TPSA) is 75.1 Å². The summed E-state index contributed by atoms with van der Waals surface area (Å²) in [5.41, 5.74) is -0.933. The fourth-order valence-corrected chi connectivity index (χ4v) is 1.11. The van der Waals surface area contributed by atoms with E-state index in [2.05, 4.69) is 15.3 Å². The zero-order valence-electron chi connectivity index (χ0n) is 7.20. The van der Waals surface area contributed by atoms with Crippen molar-refractivity contribution in [2.45, 2.75) is 18.4 Å². The lowest BCUT2D eigenvalue weighted by Gasteiger charge is -2.11. The van der Waals surface area contributed by atoms with Gasteiger partial charge in [-0.25, -0.2) is 19.2 Å². The zero-order chi connectivity index (χ0) is 10.2. The van der Waals surface area contributed by atoms with Gasteiger partial charge in [-0.3, -0.25) is 0 Å². The molecule has 0 radical (unpaired) electrons. The van der Waals surface area contributed by atoms with Crippen molar-refractivity contribution in [3.05, 3.63) is 18.2 Å². The van der Waals surface area contributed by atoms with Crippen molar-refractivity contribution >= 4 is 11.9 Å². The summed E-state index contributed by atoms with van der Waals surface area (Å²) in [6.07, 6.45) is 3.08. The average Bonchev–Trinajstić information content (AvgIpc) is 2.90. The first-order valence-electron chi connectivity index (χ1n) is 4.11. The predicted octanol–water partition coefficient (Wildman–Crippen LogP) is 0.645. The molecular weight excluding hydrogens is 189 g/mol. The van der Waals surface area contributed by atoms with Gasteiger partial charge < -0.3 is 10.4 Å². The Kier molecular flexibility index (Phi) is 1.83. The molecule has 74 valence electrons. The number of rotatable bonds is 3. The van der Waals surface area contributed by atoms with E-state index < -0.39 is 17.3 Å². The molecule has 14 heavy (non-hydrogen) atoms. The van der Waals surface area contributed by atoms with E-state index in [-0.39, 0.29) is 5.95 Å². The average molecular weight is 197 g/mol. The summed E-state index contributed by atoms with van der Waals surface area (Å²) in [6, 6.07) is 0. The number of hydrogen-bond donors (Lipinski definition) is 2. The molecule has 0 spiro atoms. The van der Waals surface area contributed by atoms with Crippen LogP contribution in [0.5, 0.6) is 0 Å². The molecule has 0 amide bonds. The number of carboxylic acids is 1. The number of carbonyl (C=O) groups is 1. The first-order valence-corrected chi connectivity index (χ1v) is 4.11. The number of carboxylic acid groups (broad SMARTS) is 1. The normalized spacial score (nSPS) is 17.5. The molecule has 1 aliphatic carbocycles. The van der Waals surface area contributed by atoms with E-state index in [1.807, 2.05) is 0 Å². The van der Waals surface area contributed by atoms with Crippen LogP contribution in [0.15, 0.2) is 12.4 Å². The Hall–Kier alpha value is -1.72. The summed E-state index contributed by atoms with van der Waals surface area (Å²) in [5, 5.41) is 11.5. The second kappa shape index (κ2) is 2.90. The van der Waals surface area contributed by atoms with Crippen LogP contribution in [0.1, 0.15) is 12.8 Å². The Morgan fingerprint density at radius 1 is 1.50 bits per heavy atom. The Labute approximate surface area is 79.0 Å². The second-order valence-electron chi connectivity index (χ2n) is 3.24. The minimum Gasteiger partial charge on any atom is -0.480 e. The van der Waals surface area contributed by atoms with Crippen molar-refractivity contribution in [2.75, 3.05) is 5.32 Å². The van der Waals surface area contributed by atoms with Crippen molar-refractivity contribution in [1.29, 1.82) is 0 Å². The molecule has 0 atom stereocenters. The van der Waals surface area contributed by atoms with Gasteiger partial charge in [0.2, 0.25) is 5.95 Å². The molecule has 1 aromatic heterocycles. The lowest BCUT2D eigenvalue weighted by Crippen LogP contribution is -2.32. The molecule has 1 heterocycles. The molecule has 1 fully saturated rings. The fraction of sp³-hybridized carbons (Fsp3) is 0.375. The molecule has 0 aromatic carbocycles. The highest BCUT2D eigenvalue weighted by Gasteiger charge is 2.51. The van der Waals surface area contributed by atoms with Gasteiger partial charge in [-0.15, -0.1) is 0 Å². The van der Waals surface area contributed by atoms with Crippen molar-refractivity contribution in [2.24, 2.45) is 0 Å². The van der Waals surface area contributed by atoms with Gasteiger partial charge in [-0.2, -0.15) is 0 Å². The Morgan fingerprint density at radius 2 is 2.07 bits per heavy atom. The third-order valence-electron chi connectivity index (χ3n) is 2.13. The van der Waals surface area contributed by atoms with Crippen molar-refractivity contribution in [3.8, 4) is 0 Å². The maximum Gasteiger partial charge on any atom is 0.329 e. The minimum absolute atomic E-state index is 0.145. The fourth-order valence-electron chi connectivity index (χ4n) is 1.11. The van der Waals surface area contributed by atoms with Crippen molar-refractivity contribution in [1.82, 2.24) is 9.97 Å². The smallest absolute Gasteiger partial charge is 0.329 e. The van der Waals surface area contributed by atoms with Crippen LogP contribution < -0.4 is 5.32 Å². The number of aliphatic carboxylic acids is 1. The minimum atomic E-state index is -0.933. The Bertz CT molecular complexity index is 361. The van der Waals surface area contributed by atoms with E-state index in [1.165, 1.54) is 0 Å². The number of halogens is 1. The summed E-state index contributed by atoms with van der Waals surface area (Å²) < 4.78 is 12.4. The number of nitrogens with zero attached hydrogens (tertiary/aromatic N) is 2. The first kappa shape index (κ1) is 8.86. The van der Waals surface area contributed by atoms with Gasteiger partial charge in [-0.05, 0) is 12.8 Å². The van der Waals surface area contributed by atoms with Gasteiger partial charge in [0, 0.05) is 0 Å². The lowest BCUT2D eigenvalue weighted by molar-refractivity contribution is -0.138. The molecular formula is C8H8FN3O2. The SMILES string of the molecule is O=C(O)C1(Nc2ncc(F)cn2)CC1. The summed E-state index contributed by atoms with van der Waals surface area (Å²) >= 11 is 0. The van der Waals surface area contributed by atoms with E-state index in [9.17, 15) is 9.18 Å². The van der Waals surface area contributed by atoms with Crippen LogP contribution in [0.4, 0.5) is 10.3 Å². The molecule has 1 aliphatic rings. The zero-order valence-corrected chi connectivity index (χ0v) is 7.20. The molecule has 1 saturated carbocycles. The molecule has 0 unspecified atom stereocenters. The van der Waals surface area contributed by atoms with Gasteiger partial charge in [0.25, 0.3) is 0 Å². The summed E-state index contributed by atoms with van der Waals surface area (Å²) in [6.45, 7) is 0. The summed E-state index contributed by atoms with van der Waals surface area (Å²) in [5.74, 6) is -1.33. The van der Waals surface area contributed by atoms with Crippen molar-refractivity contribution in [3.63, 3.8) is 0 Å². The van der Waals surface area contributed by atoms with E-state index in [4.69, 9.17) is 5.11 Å². The lowest BCUT2D eigenvalue weighted by atomic mass is 10.3. The Balaban J connectivity index is 2.11. The highest BCUT2D eigenvalue weighted by atomic mass is 19.1. The molecule has 5 nitrogen and oxygen atoms in total. The van der Waals surface area contributed by atoms with Crippen LogP contribution in [0, 0.1) is 5.82 Å². The number of anilines is 1. The molecule has 0 saturated heterocycles. The highest BCUT2D eigenvalue weighted by Crippen LogP contribution is 2.38. The van der Waals surface area contributed by atoms with E-state index >= 15 is 0 Å². The first-order chi connectivity index (χ1) is 6.62. The number of hydrogen-bond acceptors (Lipinski definition) is 4. The van der Waals surface area contributed by atoms with Crippen LogP contribution >= 0.6 is 0 Å². The maximum absolute atomic E-state index is 12.4. The number of nitrogens with one attached hydrogen (secondary N) is 1. The molecule has 0 aliphatic heterocycles.